The third kappa shape index (κ3) is 3.50. The van der Waals surface area contributed by atoms with Crippen LogP contribution in [0, 0.1) is 0 Å². The van der Waals surface area contributed by atoms with Crippen LogP contribution in [0.25, 0.3) is 0 Å². The van der Waals surface area contributed by atoms with Gasteiger partial charge in [-0.1, -0.05) is 26.0 Å². The summed E-state index contributed by atoms with van der Waals surface area (Å²) in [6, 6.07) is 10.3. The summed E-state index contributed by atoms with van der Waals surface area (Å²) in [6.45, 7) is 4.09. The number of hydrogen-bond donors (Lipinski definition) is 3. The van der Waals surface area contributed by atoms with Crippen LogP contribution in [-0.2, 0) is 10.0 Å². The molecule has 4 N–H and O–H groups in total. The van der Waals surface area contributed by atoms with Crippen LogP contribution in [0.4, 0.5) is 11.5 Å². The molecule has 0 aliphatic rings. The fraction of sp³-hybridized carbons (Fsp3) is 0.214. The molecule has 0 bridgehead atoms. The molecule has 2 rings (SSSR count). The smallest absolute Gasteiger partial charge is 0.265 e. The minimum Gasteiger partial charge on any atom is -0.307 e. The molecule has 21 heavy (non-hydrogen) atoms. The lowest BCUT2D eigenvalue weighted by Gasteiger charge is -2.12. The van der Waals surface area contributed by atoms with Gasteiger partial charge in [0.05, 0.1) is 0 Å². The molecule has 0 fully saturated rings. The maximum atomic E-state index is 12.4. The first-order valence-electron chi connectivity index (χ1n) is 6.48. The van der Waals surface area contributed by atoms with E-state index < -0.39 is 10.0 Å². The van der Waals surface area contributed by atoms with E-state index >= 15 is 0 Å². The Labute approximate surface area is 124 Å². The van der Waals surface area contributed by atoms with Crippen LogP contribution in [-0.4, -0.2) is 13.4 Å². The highest BCUT2D eigenvalue weighted by molar-refractivity contribution is 7.92. The number of benzene rings is 1. The van der Waals surface area contributed by atoms with E-state index in [-0.39, 0.29) is 10.7 Å². The molecule has 0 saturated heterocycles. The van der Waals surface area contributed by atoms with Gasteiger partial charge in [0.1, 0.15) is 4.90 Å². The van der Waals surface area contributed by atoms with Gasteiger partial charge in [-0.2, -0.15) is 0 Å². The van der Waals surface area contributed by atoms with E-state index in [9.17, 15) is 8.42 Å². The first-order valence-corrected chi connectivity index (χ1v) is 7.97. The average Bonchev–Trinajstić information content (AvgIpc) is 2.47. The zero-order chi connectivity index (χ0) is 15.5. The highest BCUT2D eigenvalue weighted by atomic mass is 32.2. The van der Waals surface area contributed by atoms with Gasteiger partial charge in [-0.3, -0.25) is 4.72 Å². The molecular formula is C14H18N4O2S. The van der Waals surface area contributed by atoms with Crippen molar-refractivity contribution in [2.75, 3.05) is 10.1 Å². The largest absolute Gasteiger partial charge is 0.307 e. The first kappa shape index (κ1) is 15.3. The molecule has 0 aliphatic carbocycles. The van der Waals surface area contributed by atoms with E-state index in [1.165, 1.54) is 12.3 Å². The lowest BCUT2D eigenvalue weighted by Crippen LogP contribution is -2.18. The molecule has 0 amide bonds. The Bertz CT molecular complexity index is 729. The van der Waals surface area contributed by atoms with Gasteiger partial charge in [0.15, 0.2) is 5.82 Å². The van der Waals surface area contributed by atoms with Crippen molar-refractivity contribution in [3.05, 3.63) is 48.2 Å². The van der Waals surface area contributed by atoms with Crippen molar-refractivity contribution in [3.8, 4) is 0 Å². The third-order valence-electron chi connectivity index (χ3n) is 3.00. The van der Waals surface area contributed by atoms with Crippen molar-refractivity contribution in [3.63, 3.8) is 0 Å². The van der Waals surface area contributed by atoms with Crippen molar-refractivity contribution >= 4 is 21.5 Å². The van der Waals surface area contributed by atoms with E-state index in [1.807, 2.05) is 32.0 Å². The molecule has 1 aromatic carbocycles. The van der Waals surface area contributed by atoms with Gasteiger partial charge in [-0.25, -0.2) is 19.2 Å². The summed E-state index contributed by atoms with van der Waals surface area (Å²) in [5.41, 5.74) is 3.85. The number of hydrazine groups is 1. The van der Waals surface area contributed by atoms with Crippen LogP contribution in [0.3, 0.4) is 0 Å². The summed E-state index contributed by atoms with van der Waals surface area (Å²) in [7, 11) is -3.75. The van der Waals surface area contributed by atoms with Crippen LogP contribution < -0.4 is 16.0 Å². The molecule has 7 heteroatoms. The predicted molar refractivity (Wildman–Crippen MR) is 83.4 cm³/mol. The Kier molecular flexibility index (Phi) is 4.44. The fourth-order valence-electron chi connectivity index (χ4n) is 1.89. The van der Waals surface area contributed by atoms with Gasteiger partial charge in [-0.15, -0.1) is 0 Å². The fourth-order valence-corrected chi connectivity index (χ4v) is 3.06. The van der Waals surface area contributed by atoms with E-state index in [4.69, 9.17) is 5.84 Å². The SMILES string of the molecule is CC(C)c1cccc(NS(=O)(=O)c2cccnc2NN)c1. The minimum absolute atomic E-state index is 0.00227. The second-order valence-corrected chi connectivity index (χ2v) is 6.53. The number of pyridine rings is 1. The predicted octanol–water partition coefficient (Wildman–Crippen LogP) is 2.29. The summed E-state index contributed by atoms with van der Waals surface area (Å²) < 4.78 is 27.4. The molecule has 0 radical (unpaired) electrons. The number of sulfonamides is 1. The van der Waals surface area contributed by atoms with E-state index in [2.05, 4.69) is 15.1 Å². The zero-order valence-corrected chi connectivity index (χ0v) is 12.7. The summed E-state index contributed by atoms with van der Waals surface area (Å²) in [6.07, 6.45) is 1.47. The van der Waals surface area contributed by atoms with Gasteiger partial charge >= 0.3 is 0 Å². The van der Waals surface area contributed by atoms with Crippen molar-refractivity contribution in [1.29, 1.82) is 0 Å². The molecule has 0 atom stereocenters. The number of nitrogens with one attached hydrogen (secondary N) is 2. The molecule has 0 saturated carbocycles. The molecule has 0 unspecified atom stereocenters. The molecule has 6 nitrogen and oxygen atoms in total. The Hall–Kier alpha value is -2.12. The van der Waals surface area contributed by atoms with Crippen LogP contribution >= 0.6 is 0 Å². The molecule has 1 heterocycles. The van der Waals surface area contributed by atoms with Crippen LogP contribution in [0.15, 0.2) is 47.5 Å². The molecule has 0 aliphatic heterocycles. The van der Waals surface area contributed by atoms with Crippen molar-refractivity contribution < 1.29 is 8.42 Å². The number of anilines is 2. The Morgan fingerprint density at radius 2 is 1.95 bits per heavy atom. The molecule has 0 spiro atoms. The monoisotopic (exact) mass is 306 g/mol. The number of rotatable bonds is 5. The highest BCUT2D eigenvalue weighted by Gasteiger charge is 2.19. The van der Waals surface area contributed by atoms with Crippen molar-refractivity contribution in [2.24, 2.45) is 5.84 Å². The molecular weight excluding hydrogens is 288 g/mol. The minimum atomic E-state index is -3.75. The van der Waals surface area contributed by atoms with E-state index in [1.54, 1.807) is 12.1 Å². The lowest BCUT2D eigenvalue weighted by molar-refractivity contribution is 0.601. The third-order valence-corrected chi connectivity index (χ3v) is 4.42. The number of hydrogen-bond acceptors (Lipinski definition) is 5. The maximum Gasteiger partial charge on any atom is 0.265 e. The second-order valence-electron chi connectivity index (χ2n) is 4.88. The summed E-state index contributed by atoms with van der Waals surface area (Å²) >= 11 is 0. The molecule has 2 aromatic rings. The van der Waals surface area contributed by atoms with Gasteiger partial charge in [-0.05, 0) is 35.7 Å². The van der Waals surface area contributed by atoms with Crippen molar-refractivity contribution in [2.45, 2.75) is 24.7 Å². The highest BCUT2D eigenvalue weighted by Crippen LogP contribution is 2.23. The number of nitrogen functional groups attached to an aromatic ring is 1. The Morgan fingerprint density at radius 1 is 1.19 bits per heavy atom. The number of nitrogens with two attached hydrogens (primary N) is 1. The second kappa shape index (κ2) is 6.11. The average molecular weight is 306 g/mol. The van der Waals surface area contributed by atoms with E-state index in [0.717, 1.165) is 5.56 Å². The van der Waals surface area contributed by atoms with Gasteiger partial charge in [0.25, 0.3) is 10.0 Å². The van der Waals surface area contributed by atoms with Gasteiger partial charge in [0, 0.05) is 11.9 Å². The zero-order valence-electron chi connectivity index (χ0n) is 11.9. The normalized spacial score (nSPS) is 11.4. The Morgan fingerprint density at radius 3 is 2.62 bits per heavy atom. The molecule has 112 valence electrons. The summed E-state index contributed by atoms with van der Waals surface area (Å²) in [5, 5.41) is 0. The van der Waals surface area contributed by atoms with Gasteiger partial charge < -0.3 is 5.43 Å². The van der Waals surface area contributed by atoms with Crippen LogP contribution in [0.1, 0.15) is 25.3 Å². The van der Waals surface area contributed by atoms with Gasteiger partial charge in [0.2, 0.25) is 0 Å². The summed E-state index contributed by atoms with van der Waals surface area (Å²) in [4.78, 5) is 3.90. The quantitative estimate of drug-likeness (QED) is 0.581. The summed E-state index contributed by atoms with van der Waals surface area (Å²) in [5.74, 6) is 5.72. The Balaban J connectivity index is 2.35. The lowest BCUT2D eigenvalue weighted by atomic mass is 10.0. The standard InChI is InChI=1S/C14H18N4O2S/c1-10(2)11-5-3-6-12(9-11)18-21(19,20)13-7-4-8-16-14(13)17-15/h3-10,18H,15H2,1-2H3,(H,16,17). The van der Waals surface area contributed by atoms with Crippen molar-refractivity contribution in [1.82, 2.24) is 4.98 Å². The van der Waals surface area contributed by atoms with E-state index in [0.29, 0.717) is 11.6 Å². The van der Waals surface area contributed by atoms with Crippen LogP contribution in [0.5, 0.6) is 0 Å². The number of nitrogens with zero attached hydrogens (tertiary/aromatic N) is 1. The molecule has 1 aromatic heterocycles. The topological polar surface area (TPSA) is 97.1 Å². The first-order chi connectivity index (χ1) is 9.94. The maximum absolute atomic E-state index is 12.4. The number of aromatic nitrogens is 1. The van der Waals surface area contributed by atoms with Crippen LogP contribution in [0.2, 0.25) is 0 Å².